The van der Waals surface area contributed by atoms with Crippen LogP contribution < -0.4 is 5.32 Å². The van der Waals surface area contributed by atoms with Gasteiger partial charge in [0.15, 0.2) is 0 Å². The van der Waals surface area contributed by atoms with E-state index in [0.29, 0.717) is 29.9 Å². The highest BCUT2D eigenvalue weighted by Gasteiger charge is 2.14. The molecule has 0 unspecified atom stereocenters. The number of amides is 2. The third kappa shape index (κ3) is 4.26. The Bertz CT molecular complexity index is 928. The molecule has 0 saturated heterocycles. The number of nitrogens with one attached hydrogen (secondary N) is 1. The molecule has 2 amide bonds. The third-order valence-corrected chi connectivity index (χ3v) is 4.43. The molecule has 0 saturated carbocycles. The van der Waals surface area contributed by atoms with Gasteiger partial charge in [-0.3, -0.25) is 9.59 Å². The molecule has 0 spiro atoms. The van der Waals surface area contributed by atoms with E-state index in [9.17, 15) is 9.59 Å². The van der Waals surface area contributed by atoms with Crippen molar-refractivity contribution in [1.82, 2.24) is 9.47 Å². The summed E-state index contributed by atoms with van der Waals surface area (Å²) in [4.78, 5) is 26.9. The Kier molecular flexibility index (Phi) is 5.71. The number of nitrogens with zero attached hydrogens (tertiary/aromatic N) is 2. The summed E-state index contributed by atoms with van der Waals surface area (Å²) in [6.45, 7) is 5.20. The first kappa shape index (κ1) is 18.5. The van der Waals surface area contributed by atoms with E-state index in [1.54, 1.807) is 35.2 Å². The van der Waals surface area contributed by atoms with Gasteiger partial charge >= 0.3 is 0 Å². The molecule has 2 aromatic carbocycles. The fraction of sp³-hybridized carbons (Fsp3) is 0.182. The van der Waals surface area contributed by atoms with Gasteiger partial charge < -0.3 is 14.8 Å². The molecule has 0 fully saturated rings. The normalized spacial score (nSPS) is 10.4. The van der Waals surface area contributed by atoms with Gasteiger partial charge in [0.1, 0.15) is 0 Å². The molecule has 0 radical (unpaired) electrons. The highest BCUT2D eigenvalue weighted by molar-refractivity contribution is 6.05. The lowest BCUT2D eigenvalue weighted by molar-refractivity contribution is 0.0772. The number of rotatable bonds is 6. The van der Waals surface area contributed by atoms with Crippen LogP contribution in [-0.4, -0.2) is 34.4 Å². The van der Waals surface area contributed by atoms with Crippen LogP contribution in [0.2, 0.25) is 0 Å². The Hall–Kier alpha value is -3.34. The molecule has 0 aliphatic carbocycles. The molecule has 0 aliphatic heterocycles. The summed E-state index contributed by atoms with van der Waals surface area (Å²) in [7, 11) is 0. The highest BCUT2D eigenvalue weighted by Crippen LogP contribution is 2.16. The van der Waals surface area contributed by atoms with Crippen molar-refractivity contribution in [3.05, 3.63) is 84.2 Å². The van der Waals surface area contributed by atoms with Crippen LogP contribution in [0.5, 0.6) is 0 Å². The zero-order chi connectivity index (χ0) is 19.2. The van der Waals surface area contributed by atoms with Crippen molar-refractivity contribution in [2.75, 3.05) is 18.4 Å². The lowest BCUT2D eigenvalue weighted by Crippen LogP contribution is -2.30. The molecular formula is C22H23N3O2. The Labute approximate surface area is 159 Å². The van der Waals surface area contributed by atoms with Gasteiger partial charge in [-0.2, -0.15) is 0 Å². The average Bonchev–Trinajstić information content (AvgIpc) is 3.24. The van der Waals surface area contributed by atoms with Gasteiger partial charge in [-0.25, -0.2) is 0 Å². The Morgan fingerprint density at radius 3 is 2.26 bits per heavy atom. The van der Waals surface area contributed by atoms with Crippen molar-refractivity contribution >= 4 is 17.5 Å². The fourth-order valence-corrected chi connectivity index (χ4v) is 2.94. The van der Waals surface area contributed by atoms with E-state index in [0.717, 1.165) is 5.69 Å². The summed E-state index contributed by atoms with van der Waals surface area (Å²) < 4.78 is 1.94. The van der Waals surface area contributed by atoms with Crippen molar-refractivity contribution < 1.29 is 9.59 Å². The van der Waals surface area contributed by atoms with Gasteiger partial charge in [-0.1, -0.05) is 12.1 Å². The molecule has 3 aromatic rings. The second-order valence-electron chi connectivity index (χ2n) is 6.15. The fourth-order valence-electron chi connectivity index (χ4n) is 2.94. The maximum atomic E-state index is 12.6. The molecule has 5 nitrogen and oxygen atoms in total. The maximum absolute atomic E-state index is 12.6. The van der Waals surface area contributed by atoms with E-state index < -0.39 is 0 Å². The van der Waals surface area contributed by atoms with Crippen LogP contribution in [0.15, 0.2) is 73.1 Å². The zero-order valence-corrected chi connectivity index (χ0v) is 15.6. The second kappa shape index (κ2) is 8.36. The van der Waals surface area contributed by atoms with E-state index >= 15 is 0 Å². The first-order valence-corrected chi connectivity index (χ1v) is 9.06. The van der Waals surface area contributed by atoms with Crippen molar-refractivity contribution in [1.29, 1.82) is 0 Å². The first-order valence-electron chi connectivity index (χ1n) is 9.06. The van der Waals surface area contributed by atoms with E-state index in [4.69, 9.17) is 0 Å². The molecule has 27 heavy (non-hydrogen) atoms. The smallest absolute Gasteiger partial charge is 0.255 e. The minimum atomic E-state index is -0.212. The van der Waals surface area contributed by atoms with Gasteiger partial charge in [-0.05, 0) is 62.4 Å². The average molecular weight is 361 g/mol. The molecule has 1 heterocycles. The largest absolute Gasteiger partial charge is 0.339 e. The van der Waals surface area contributed by atoms with Crippen molar-refractivity contribution in [3.8, 4) is 5.69 Å². The molecular weight excluding hydrogens is 338 g/mol. The maximum Gasteiger partial charge on any atom is 0.255 e. The number of carbonyl (C=O) groups excluding carboxylic acids is 2. The van der Waals surface area contributed by atoms with E-state index in [-0.39, 0.29) is 11.8 Å². The summed E-state index contributed by atoms with van der Waals surface area (Å²) in [5, 5.41) is 2.88. The minimum Gasteiger partial charge on any atom is -0.339 e. The van der Waals surface area contributed by atoms with Gasteiger partial charge in [0.05, 0.1) is 0 Å². The predicted octanol–water partition coefficient (Wildman–Crippen LogP) is 4.21. The van der Waals surface area contributed by atoms with Crippen molar-refractivity contribution in [2.24, 2.45) is 0 Å². The van der Waals surface area contributed by atoms with Gasteiger partial charge in [0, 0.05) is 48.0 Å². The number of benzene rings is 2. The molecule has 3 rings (SSSR count). The SMILES string of the molecule is CCN(CC)C(=O)c1cccc(NC(=O)c2cccc(-n3cccc3)c2)c1. The van der Waals surface area contributed by atoms with Gasteiger partial charge in [0.2, 0.25) is 0 Å². The zero-order valence-electron chi connectivity index (χ0n) is 15.6. The summed E-state index contributed by atoms with van der Waals surface area (Å²) in [5.74, 6) is -0.248. The van der Waals surface area contributed by atoms with E-state index in [1.807, 2.05) is 61.1 Å². The van der Waals surface area contributed by atoms with E-state index in [2.05, 4.69) is 5.32 Å². The van der Waals surface area contributed by atoms with Crippen molar-refractivity contribution in [3.63, 3.8) is 0 Å². The van der Waals surface area contributed by atoms with Crippen LogP contribution in [0.25, 0.3) is 5.69 Å². The van der Waals surface area contributed by atoms with Gasteiger partial charge in [-0.15, -0.1) is 0 Å². The molecule has 1 aromatic heterocycles. The van der Waals surface area contributed by atoms with Crippen LogP contribution in [0.3, 0.4) is 0 Å². The number of hydrogen-bond acceptors (Lipinski definition) is 2. The summed E-state index contributed by atoms with van der Waals surface area (Å²) >= 11 is 0. The Morgan fingerprint density at radius 1 is 0.889 bits per heavy atom. The summed E-state index contributed by atoms with van der Waals surface area (Å²) in [6.07, 6.45) is 3.86. The minimum absolute atomic E-state index is 0.0364. The van der Waals surface area contributed by atoms with Crippen LogP contribution in [0, 0.1) is 0 Å². The molecule has 0 atom stereocenters. The second-order valence-corrected chi connectivity index (χ2v) is 6.15. The van der Waals surface area contributed by atoms with E-state index in [1.165, 1.54) is 0 Å². The standard InChI is InChI=1S/C22H23N3O2/c1-3-24(4-2)22(27)18-10-7-11-19(15-18)23-21(26)17-9-8-12-20(16-17)25-13-5-6-14-25/h5-16H,3-4H2,1-2H3,(H,23,26). The topological polar surface area (TPSA) is 54.3 Å². The molecule has 138 valence electrons. The van der Waals surface area contributed by atoms with Crippen LogP contribution in [-0.2, 0) is 0 Å². The molecule has 1 N–H and O–H groups in total. The van der Waals surface area contributed by atoms with Crippen molar-refractivity contribution in [2.45, 2.75) is 13.8 Å². The Morgan fingerprint density at radius 2 is 1.56 bits per heavy atom. The molecule has 0 aliphatic rings. The number of aromatic nitrogens is 1. The lowest BCUT2D eigenvalue weighted by atomic mass is 10.1. The number of carbonyl (C=O) groups is 2. The van der Waals surface area contributed by atoms with Crippen LogP contribution in [0.4, 0.5) is 5.69 Å². The quantitative estimate of drug-likeness (QED) is 0.715. The van der Waals surface area contributed by atoms with Gasteiger partial charge in [0.25, 0.3) is 11.8 Å². The van der Waals surface area contributed by atoms with Crippen LogP contribution in [0.1, 0.15) is 34.6 Å². The Balaban J connectivity index is 1.78. The molecule has 0 bridgehead atoms. The van der Waals surface area contributed by atoms with Crippen LogP contribution >= 0.6 is 0 Å². The molecule has 5 heteroatoms. The third-order valence-electron chi connectivity index (χ3n) is 4.43. The number of anilines is 1. The first-order chi connectivity index (χ1) is 13.1. The summed E-state index contributed by atoms with van der Waals surface area (Å²) in [6, 6.07) is 18.3. The number of hydrogen-bond donors (Lipinski definition) is 1. The monoisotopic (exact) mass is 361 g/mol. The lowest BCUT2D eigenvalue weighted by Gasteiger charge is -2.19. The summed E-state index contributed by atoms with van der Waals surface area (Å²) in [5.41, 5.74) is 2.64. The highest BCUT2D eigenvalue weighted by atomic mass is 16.2. The predicted molar refractivity (Wildman–Crippen MR) is 107 cm³/mol.